The summed E-state index contributed by atoms with van der Waals surface area (Å²) in [6.07, 6.45) is 8.69. The summed E-state index contributed by atoms with van der Waals surface area (Å²) < 4.78 is 5.34. The quantitative estimate of drug-likeness (QED) is 0.726. The van der Waals surface area contributed by atoms with Crippen LogP contribution in [0.15, 0.2) is 42.7 Å². The Morgan fingerprint density at radius 3 is 2.93 bits per heavy atom. The van der Waals surface area contributed by atoms with E-state index in [4.69, 9.17) is 4.74 Å². The molecule has 2 aromatic rings. The Bertz CT molecular complexity index is 704. The molecule has 1 N–H and O–H groups in total. The zero-order valence-electron chi connectivity index (χ0n) is 15.9. The van der Waals surface area contributed by atoms with Gasteiger partial charge in [-0.2, -0.15) is 0 Å². The number of nitrogens with one attached hydrogen (secondary N) is 1. The van der Waals surface area contributed by atoms with Crippen LogP contribution < -0.4 is 10.2 Å². The maximum Gasteiger partial charge on any atom is 0.252 e. The normalized spacial score (nSPS) is 16.9. The van der Waals surface area contributed by atoms with Crippen molar-refractivity contribution in [2.24, 2.45) is 0 Å². The van der Waals surface area contributed by atoms with E-state index in [-0.39, 0.29) is 5.91 Å². The van der Waals surface area contributed by atoms with E-state index in [9.17, 15) is 4.79 Å². The van der Waals surface area contributed by atoms with Gasteiger partial charge in [-0.3, -0.25) is 9.78 Å². The molecule has 0 bridgehead atoms. The van der Waals surface area contributed by atoms with E-state index in [2.05, 4.69) is 20.2 Å². The first-order valence-corrected chi connectivity index (χ1v) is 9.67. The second-order valence-electron chi connectivity index (χ2n) is 6.88. The van der Waals surface area contributed by atoms with Crippen LogP contribution in [0.5, 0.6) is 0 Å². The molecule has 1 amide bonds. The van der Waals surface area contributed by atoms with Gasteiger partial charge in [-0.15, -0.1) is 0 Å². The molecule has 6 nitrogen and oxygen atoms in total. The van der Waals surface area contributed by atoms with Crippen LogP contribution in [0.4, 0.5) is 5.82 Å². The predicted molar refractivity (Wildman–Crippen MR) is 106 cm³/mol. The summed E-state index contributed by atoms with van der Waals surface area (Å²) in [5, 5.41) is 2.96. The summed E-state index contributed by atoms with van der Waals surface area (Å²) in [5.41, 5.74) is 1.64. The Morgan fingerprint density at radius 2 is 2.19 bits per heavy atom. The number of rotatable bonds is 8. The van der Waals surface area contributed by atoms with Gasteiger partial charge in [0.1, 0.15) is 5.82 Å². The van der Waals surface area contributed by atoms with Crippen LogP contribution in [-0.4, -0.2) is 48.7 Å². The van der Waals surface area contributed by atoms with Crippen LogP contribution in [0.2, 0.25) is 0 Å². The van der Waals surface area contributed by atoms with Crippen LogP contribution in [0, 0.1) is 0 Å². The smallest absolute Gasteiger partial charge is 0.252 e. The third kappa shape index (κ3) is 5.50. The molecule has 0 saturated carbocycles. The van der Waals surface area contributed by atoms with Crippen molar-refractivity contribution in [2.45, 2.75) is 38.1 Å². The fourth-order valence-corrected chi connectivity index (χ4v) is 3.48. The van der Waals surface area contributed by atoms with E-state index >= 15 is 0 Å². The van der Waals surface area contributed by atoms with Crippen LogP contribution in [0.3, 0.4) is 0 Å². The van der Waals surface area contributed by atoms with Crippen LogP contribution in [0.25, 0.3) is 0 Å². The van der Waals surface area contributed by atoms with Crippen molar-refractivity contribution in [1.29, 1.82) is 0 Å². The first-order chi connectivity index (χ1) is 13.3. The zero-order valence-corrected chi connectivity index (χ0v) is 15.9. The highest BCUT2D eigenvalue weighted by Gasteiger charge is 2.23. The molecule has 1 atom stereocenters. The van der Waals surface area contributed by atoms with Gasteiger partial charge in [0.15, 0.2) is 0 Å². The second-order valence-corrected chi connectivity index (χ2v) is 6.88. The maximum absolute atomic E-state index is 12.3. The number of ether oxygens (including phenoxy) is 1. The molecule has 0 unspecified atom stereocenters. The Morgan fingerprint density at radius 1 is 1.26 bits per heavy atom. The molecule has 144 valence electrons. The van der Waals surface area contributed by atoms with Crippen molar-refractivity contribution in [3.05, 3.63) is 54.0 Å². The number of piperidine rings is 1. The van der Waals surface area contributed by atoms with Crippen molar-refractivity contribution < 1.29 is 9.53 Å². The molecule has 3 rings (SSSR count). The van der Waals surface area contributed by atoms with Gasteiger partial charge in [-0.05, 0) is 56.4 Å². The van der Waals surface area contributed by atoms with E-state index in [1.54, 1.807) is 19.5 Å². The predicted octanol–water partition coefficient (Wildman–Crippen LogP) is 2.84. The van der Waals surface area contributed by atoms with E-state index in [0.717, 1.165) is 37.3 Å². The van der Waals surface area contributed by atoms with Gasteiger partial charge in [0, 0.05) is 38.3 Å². The lowest BCUT2D eigenvalue weighted by Crippen LogP contribution is -2.42. The van der Waals surface area contributed by atoms with Gasteiger partial charge in [0.25, 0.3) is 5.91 Å². The van der Waals surface area contributed by atoms with E-state index in [1.165, 1.54) is 12.8 Å². The highest BCUT2D eigenvalue weighted by atomic mass is 16.5. The molecule has 27 heavy (non-hydrogen) atoms. The second kappa shape index (κ2) is 10.0. The Kier molecular flexibility index (Phi) is 7.16. The highest BCUT2D eigenvalue weighted by Crippen LogP contribution is 2.23. The molecule has 1 saturated heterocycles. The van der Waals surface area contributed by atoms with Crippen LogP contribution in [-0.2, 0) is 11.2 Å². The van der Waals surface area contributed by atoms with Crippen molar-refractivity contribution in [1.82, 2.24) is 15.3 Å². The minimum atomic E-state index is -0.0813. The molecule has 6 heteroatoms. The topological polar surface area (TPSA) is 67.3 Å². The van der Waals surface area contributed by atoms with Gasteiger partial charge >= 0.3 is 0 Å². The maximum atomic E-state index is 12.3. The number of aromatic nitrogens is 2. The number of hydrogen-bond donors (Lipinski definition) is 1. The first kappa shape index (κ1) is 19.3. The molecule has 0 aromatic carbocycles. The number of carbonyl (C=O) groups excluding carboxylic acids is 1. The van der Waals surface area contributed by atoms with E-state index in [0.29, 0.717) is 24.8 Å². The molecule has 0 aliphatic carbocycles. The van der Waals surface area contributed by atoms with Crippen molar-refractivity contribution in [2.75, 3.05) is 31.7 Å². The average Bonchev–Trinajstić information content (AvgIpc) is 2.73. The number of nitrogens with zero attached hydrogens (tertiary/aromatic N) is 3. The largest absolute Gasteiger partial charge is 0.383 e. The zero-order chi connectivity index (χ0) is 18.9. The fraction of sp³-hybridized carbons (Fsp3) is 0.476. The molecule has 1 fully saturated rings. The Hall–Kier alpha value is -2.47. The van der Waals surface area contributed by atoms with Crippen molar-refractivity contribution in [3.63, 3.8) is 0 Å². The third-order valence-corrected chi connectivity index (χ3v) is 4.91. The molecular weight excluding hydrogens is 340 g/mol. The van der Waals surface area contributed by atoms with Crippen LogP contribution >= 0.6 is 0 Å². The molecule has 2 aromatic heterocycles. The summed E-state index contributed by atoms with van der Waals surface area (Å²) in [5.74, 6) is 0.839. The van der Waals surface area contributed by atoms with Crippen molar-refractivity contribution >= 4 is 11.7 Å². The van der Waals surface area contributed by atoms with Crippen molar-refractivity contribution in [3.8, 4) is 0 Å². The number of pyridine rings is 2. The van der Waals surface area contributed by atoms with Gasteiger partial charge < -0.3 is 15.0 Å². The lowest BCUT2D eigenvalue weighted by molar-refractivity contribution is 0.0953. The highest BCUT2D eigenvalue weighted by molar-refractivity contribution is 5.94. The average molecular weight is 368 g/mol. The van der Waals surface area contributed by atoms with Gasteiger partial charge in [-0.1, -0.05) is 6.07 Å². The Labute approximate surface area is 161 Å². The third-order valence-electron chi connectivity index (χ3n) is 4.91. The van der Waals surface area contributed by atoms with Gasteiger partial charge in [-0.25, -0.2) is 4.98 Å². The SMILES string of the molecule is COC[C@@H]1CCCCN1c1ccc(C(=O)NCCCc2ccccn2)cn1. The standard InChI is InChI=1S/C21H28N4O2/c1-27-16-19-9-3-5-14-25(19)20-11-10-17(15-24-20)21(26)23-13-6-8-18-7-2-4-12-22-18/h2,4,7,10-12,15,19H,3,5-6,8-9,13-14,16H2,1H3,(H,23,26)/t19-/m0/s1. The fourth-order valence-electron chi connectivity index (χ4n) is 3.48. The molecule has 0 radical (unpaired) electrons. The summed E-state index contributed by atoms with van der Waals surface area (Å²) in [4.78, 5) is 23.4. The van der Waals surface area contributed by atoms with E-state index < -0.39 is 0 Å². The molecule has 1 aliphatic heterocycles. The number of hydrogen-bond acceptors (Lipinski definition) is 5. The van der Waals surface area contributed by atoms with Gasteiger partial charge in [0.05, 0.1) is 18.2 Å². The summed E-state index contributed by atoms with van der Waals surface area (Å²) in [6.45, 7) is 2.32. The molecular formula is C21H28N4O2. The lowest BCUT2D eigenvalue weighted by Gasteiger charge is -2.36. The number of aryl methyl sites for hydroxylation is 1. The summed E-state index contributed by atoms with van der Waals surface area (Å²) >= 11 is 0. The Balaban J connectivity index is 1.49. The van der Waals surface area contributed by atoms with E-state index in [1.807, 2.05) is 30.3 Å². The number of methoxy groups -OCH3 is 1. The monoisotopic (exact) mass is 368 g/mol. The number of carbonyl (C=O) groups is 1. The first-order valence-electron chi connectivity index (χ1n) is 9.67. The van der Waals surface area contributed by atoms with Gasteiger partial charge in [0.2, 0.25) is 0 Å². The number of anilines is 1. The minimum absolute atomic E-state index is 0.0813. The summed E-state index contributed by atoms with van der Waals surface area (Å²) in [7, 11) is 1.74. The molecule has 0 spiro atoms. The molecule has 3 heterocycles. The minimum Gasteiger partial charge on any atom is -0.383 e. The number of amides is 1. The summed E-state index contributed by atoms with van der Waals surface area (Å²) in [6, 6.07) is 10.0. The van der Waals surface area contributed by atoms with Crippen LogP contribution in [0.1, 0.15) is 41.7 Å². The lowest BCUT2D eigenvalue weighted by atomic mass is 10.0. The molecule has 1 aliphatic rings.